The van der Waals surface area contributed by atoms with Crippen LogP contribution in [0, 0.1) is 12.7 Å². The van der Waals surface area contributed by atoms with Crippen LogP contribution >= 0.6 is 0 Å². The topological polar surface area (TPSA) is 55.2 Å². The number of aryl methyl sites for hydroxylation is 1. The monoisotopic (exact) mass is 234 g/mol. The summed E-state index contributed by atoms with van der Waals surface area (Å²) >= 11 is 0. The van der Waals surface area contributed by atoms with Gasteiger partial charge in [0.05, 0.1) is 24.7 Å². The fraction of sp³-hybridized carbons (Fsp3) is 0.167. The van der Waals surface area contributed by atoms with Gasteiger partial charge in [0.2, 0.25) is 5.88 Å². The maximum absolute atomic E-state index is 13.5. The van der Waals surface area contributed by atoms with Crippen LogP contribution in [-0.2, 0) is 6.61 Å². The quantitative estimate of drug-likeness (QED) is 0.884. The Morgan fingerprint density at radius 3 is 2.71 bits per heavy atom. The average molecular weight is 234 g/mol. The molecule has 0 saturated carbocycles. The maximum Gasteiger partial charge on any atom is 0.238 e. The zero-order valence-electron chi connectivity index (χ0n) is 9.22. The van der Waals surface area contributed by atoms with Crippen molar-refractivity contribution in [2.45, 2.75) is 13.5 Å². The van der Waals surface area contributed by atoms with Crippen LogP contribution < -0.4 is 4.74 Å². The Labute approximate surface area is 97.7 Å². The number of halogens is 1. The molecule has 17 heavy (non-hydrogen) atoms. The largest absolute Gasteiger partial charge is 0.434 e. The van der Waals surface area contributed by atoms with E-state index in [2.05, 4.69) is 9.97 Å². The van der Waals surface area contributed by atoms with Crippen molar-refractivity contribution < 1.29 is 14.2 Å². The SMILES string of the molecule is Cc1cccc(F)c1Oc1cnc(CO)cn1. The van der Waals surface area contributed by atoms with Gasteiger partial charge in [-0.1, -0.05) is 12.1 Å². The molecular formula is C12H11FN2O2. The van der Waals surface area contributed by atoms with Gasteiger partial charge in [0, 0.05) is 0 Å². The van der Waals surface area contributed by atoms with E-state index in [0.29, 0.717) is 11.3 Å². The van der Waals surface area contributed by atoms with E-state index in [1.165, 1.54) is 18.5 Å². The molecule has 2 aromatic rings. The number of aromatic nitrogens is 2. The predicted octanol–water partition coefficient (Wildman–Crippen LogP) is 2.21. The van der Waals surface area contributed by atoms with Gasteiger partial charge in [0.25, 0.3) is 0 Å². The molecule has 2 rings (SSSR count). The van der Waals surface area contributed by atoms with E-state index in [1.807, 2.05) is 0 Å². The molecule has 0 aliphatic carbocycles. The van der Waals surface area contributed by atoms with Crippen molar-refractivity contribution in [3.05, 3.63) is 47.7 Å². The molecule has 0 amide bonds. The van der Waals surface area contributed by atoms with E-state index in [9.17, 15) is 4.39 Å². The van der Waals surface area contributed by atoms with Crippen molar-refractivity contribution in [3.8, 4) is 11.6 Å². The molecular weight excluding hydrogens is 223 g/mol. The number of para-hydroxylation sites is 1. The molecule has 1 aromatic heterocycles. The van der Waals surface area contributed by atoms with Gasteiger partial charge in [-0.25, -0.2) is 9.37 Å². The first-order chi connectivity index (χ1) is 8.20. The van der Waals surface area contributed by atoms with Crippen LogP contribution in [0.2, 0.25) is 0 Å². The van der Waals surface area contributed by atoms with Gasteiger partial charge in [-0.15, -0.1) is 0 Å². The van der Waals surface area contributed by atoms with Gasteiger partial charge in [-0.05, 0) is 18.6 Å². The van der Waals surface area contributed by atoms with Gasteiger partial charge in [0.15, 0.2) is 11.6 Å². The molecule has 0 aliphatic heterocycles. The lowest BCUT2D eigenvalue weighted by Crippen LogP contribution is -1.96. The van der Waals surface area contributed by atoms with Gasteiger partial charge < -0.3 is 9.84 Å². The lowest BCUT2D eigenvalue weighted by atomic mass is 10.2. The second-order valence-corrected chi connectivity index (χ2v) is 3.49. The summed E-state index contributed by atoms with van der Waals surface area (Å²) in [5.74, 6) is -0.119. The van der Waals surface area contributed by atoms with Crippen molar-refractivity contribution >= 4 is 0 Å². The van der Waals surface area contributed by atoms with Crippen molar-refractivity contribution in [1.82, 2.24) is 9.97 Å². The highest BCUT2D eigenvalue weighted by molar-refractivity contribution is 5.36. The van der Waals surface area contributed by atoms with E-state index in [0.717, 1.165) is 0 Å². The van der Waals surface area contributed by atoms with Crippen LogP contribution in [0.25, 0.3) is 0 Å². The Morgan fingerprint density at radius 1 is 1.29 bits per heavy atom. The summed E-state index contributed by atoms with van der Waals surface area (Å²) in [4.78, 5) is 7.81. The number of aliphatic hydroxyl groups is 1. The van der Waals surface area contributed by atoms with Crippen LogP contribution in [0.4, 0.5) is 4.39 Å². The Kier molecular flexibility index (Phi) is 3.30. The smallest absolute Gasteiger partial charge is 0.238 e. The number of benzene rings is 1. The fourth-order valence-electron chi connectivity index (χ4n) is 1.33. The van der Waals surface area contributed by atoms with Crippen molar-refractivity contribution in [2.75, 3.05) is 0 Å². The molecule has 4 nitrogen and oxygen atoms in total. The van der Waals surface area contributed by atoms with E-state index in [4.69, 9.17) is 9.84 Å². The fourth-order valence-corrected chi connectivity index (χ4v) is 1.33. The van der Waals surface area contributed by atoms with Crippen molar-refractivity contribution in [3.63, 3.8) is 0 Å². The van der Waals surface area contributed by atoms with Gasteiger partial charge in [-0.2, -0.15) is 0 Å². The Hall–Kier alpha value is -2.01. The highest BCUT2D eigenvalue weighted by Gasteiger charge is 2.08. The van der Waals surface area contributed by atoms with Crippen molar-refractivity contribution in [1.29, 1.82) is 0 Å². The molecule has 0 aliphatic rings. The summed E-state index contributed by atoms with van der Waals surface area (Å²) in [7, 11) is 0. The van der Waals surface area contributed by atoms with Gasteiger partial charge in [-0.3, -0.25) is 4.98 Å². The van der Waals surface area contributed by atoms with Crippen LogP contribution in [-0.4, -0.2) is 15.1 Å². The molecule has 0 fully saturated rings. The number of nitrogens with zero attached hydrogens (tertiary/aromatic N) is 2. The van der Waals surface area contributed by atoms with E-state index >= 15 is 0 Å². The number of hydrogen-bond donors (Lipinski definition) is 1. The third-order valence-corrected chi connectivity index (χ3v) is 2.21. The molecule has 0 radical (unpaired) electrons. The Bertz CT molecular complexity index is 494. The first kappa shape index (κ1) is 11.5. The van der Waals surface area contributed by atoms with E-state index in [-0.39, 0.29) is 18.2 Å². The first-order valence-corrected chi connectivity index (χ1v) is 5.05. The summed E-state index contributed by atoms with van der Waals surface area (Å²) in [5.41, 5.74) is 1.11. The zero-order valence-corrected chi connectivity index (χ0v) is 9.22. The molecule has 1 N–H and O–H groups in total. The number of ether oxygens (including phenoxy) is 1. The molecule has 0 spiro atoms. The minimum Gasteiger partial charge on any atom is -0.434 e. The molecule has 5 heteroatoms. The average Bonchev–Trinajstić information content (AvgIpc) is 2.35. The third-order valence-electron chi connectivity index (χ3n) is 2.21. The second-order valence-electron chi connectivity index (χ2n) is 3.49. The van der Waals surface area contributed by atoms with E-state index < -0.39 is 5.82 Å². The normalized spacial score (nSPS) is 10.3. The minimum absolute atomic E-state index is 0.138. The molecule has 0 saturated heterocycles. The predicted molar refractivity (Wildman–Crippen MR) is 59.2 cm³/mol. The van der Waals surface area contributed by atoms with Crippen LogP contribution in [0.5, 0.6) is 11.6 Å². The highest BCUT2D eigenvalue weighted by Crippen LogP contribution is 2.26. The van der Waals surface area contributed by atoms with Gasteiger partial charge in [0.1, 0.15) is 0 Å². The molecule has 0 unspecified atom stereocenters. The summed E-state index contributed by atoms with van der Waals surface area (Å²) in [6, 6.07) is 4.67. The molecule has 1 heterocycles. The first-order valence-electron chi connectivity index (χ1n) is 5.05. The van der Waals surface area contributed by atoms with Crippen LogP contribution in [0.1, 0.15) is 11.3 Å². The summed E-state index contributed by atoms with van der Waals surface area (Å²) in [6.07, 6.45) is 2.73. The van der Waals surface area contributed by atoms with Crippen LogP contribution in [0.3, 0.4) is 0 Å². The summed E-state index contributed by atoms with van der Waals surface area (Å²) in [6.45, 7) is 1.56. The standard InChI is InChI=1S/C12H11FN2O2/c1-8-3-2-4-10(13)12(8)17-11-6-14-9(7-16)5-15-11/h2-6,16H,7H2,1H3. The second kappa shape index (κ2) is 4.88. The van der Waals surface area contributed by atoms with Gasteiger partial charge >= 0.3 is 0 Å². The van der Waals surface area contributed by atoms with E-state index in [1.54, 1.807) is 19.1 Å². The maximum atomic E-state index is 13.5. The van der Waals surface area contributed by atoms with Crippen LogP contribution in [0.15, 0.2) is 30.6 Å². The summed E-state index contributed by atoms with van der Waals surface area (Å²) in [5, 5.41) is 8.80. The Balaban J connectivity index is 2.25. The molecule has 88 valence electrons. The third kappa shape index (κ3) is 2.57. The minimum atomic E-state index is -0.446. The number of rotatable bonds is 3. The zero-order chi connectivity index (χ0) is 12.3. The van der Waals surface area contributed by atoms with Crippen molar-refractivity contribution in [2.24, 2.45) is 0 Å². The Morgan fingerprint density at radius 2 is 2.12 bits per heavy atom. The lowest BCUT2D eigenvalue weighted by Gasteiger charge is -2.08. The highest BCUT2D eigenvalue weighted by atomic mass is 19.1. The summed E-state index contributed by atoms with van der Waals surface area (Å²) < 4.78 is 18.8. The molecule has 0 atom stereocenters. The molecule has 0 bridgehead atoms. The molecule has 1 aromatic carbocycles. The lowest BCUT2D eigenvalue weighted by molar-refractivity contribution is 0.275. The number of aliphatic hydroxyl groups excluding tert-OH is 1. The number of hydrogen-bond acceptors (Lipinski definition) is 4.